The van der Waals surface area contributed by atoms with Gasteiger partial charge >= 0.3 is 0 Å². The first-order chi connectivity index (χ1) is 9.20. The Labute approximate surface area is 115 Å². The van der Waals surface area contributed by atoms with Crippen molar-refractivity contribution in [1.29, 1.82) is 0 Å². The lowest BCUT2D eigenvalue weighted by atomic mass is 10.0. The van der Waals surface area contributed by atoms with Crippen molar-refractivity contribution in [2.45, 2.75) is 39.0 Å². The van der Waals surface area contributed by atoms with Gasteiger partial charge in [0.25, 0.3) is 5.91 Å². The molecule has 2 N–H and O–H groups in total. The first-order valence-electron chi connectivity index (χ1n) is 7.27. The van der Waals surface area contributed by atoms with Crippen molar-refractivity contribution in [3.8, 4) is 0 Å². The summed E-state index contributed by atoms with van der Waals surface area (Å²) in [5.74, 6) is 0.854. The molecule has 1 aromatic carbocycles. The van der Waals surface area contributed by atoms with Crippen molar-refractivity contribution in [1.82, 2.24) is 5.32 Å². The zero-order chi connectivity index (χ0) is 13.7. The quantitative estimate of drug-likeness (QED) is 0.852. The monoisotopic (exact) mass is 260 g/mol. The predicted octanol–water partition coefficient (Wildman–Crippen LogP) is 3.35. The summed E-state index contributed by atoms with van der Waals surface area (Å²) in [4.78, 5) is 12.2. The van der Waals surface area contributed by atoms with E-state index in [1.807, 2.05) is 32.2 Å². The summed E-state index contributed by atoms with van der Waals surface area (Å²) in [6, 6.07) is 5.92. The second-order valence-electron chi connectivity index (χ2n) is 5.49. The van der Waals surface area contributed by atoms with Crippen LogP contribution in [0.25, 0.3) is 0 Å². The van der Waals surface area contributed by atoms with Crippen molar-refractivity contribution >= 4 is 11.6 Å². The molecule has 0 saturated heterocycles. The Balaban J connectivity index is 1.89. The molecule has 1 fully saturated rings. The van der Waals surface area contributed by atoms with E-state index in [4.69, 9.17) is 0 Å². The molecule has 2 rings (SSSR count). The Morgan fingerprint density at radius 3 is 2.74 bits per heavy atom. The van der Waals surface area contributed by atoms with E-state index >= 15 is 0 Å². The molecular weight excluding hydrogens is 236 g/mol. The molecule has 0 aliphatic heterocycles. The number of carbonyl (C=O) groups is 1. The molecule has 3 nitrogen and oxygen atoms in total. The van der Waals surface area contributed by atoms with E-state index < -0.39 is 0 Å². The van der Waals surface area contributed by atoms with E-state index in [2.05, 4.69) is 10.6 Å². The summed E-state index contributed by atoms with van der Waals surface area (Å²) in [6.45, 7) is 2.80. The maximum absolute atomic E-state index is 12.2. The number of aryl methyl sites for hydroxylation is 1. The van der Waals surface area contributed by atoms with Gasteiger partial charge in [-0.05, 0) is 31.4 Å². The first kappa shape index (κ1) is 13.9. The van der Waals surface area contributed by atoms with Gasteiger partial charge in [0, 0.05) is 19.3 Å². The second kappa shape index (κ2) is 6.60. The third-order valence-electron chi connectivity index (χ3n) is 4.00. The molecular formula is C16H24N2O. The predicted molar refractivity (Wildman–Crippen MR) is 79.6 cm³/mol. The molecule has 0 spiro atoms. The summed E-state index contributed by atoms with van der Waals surface area (Å²) < 4.78 is 0. The van der Waals surface area contributed by atoms with Gasteiger partial charge in [0.1, 0.15) is 0 Å². The zero-order valence-electron chi connectivity index (χ0n) is 12.0. The van der Waals surface area contributed by atoms with E-state index in [0.29, 0.717) is 0 Å². The molecule has 1 aliphatic carbocycles. The Hall–Kier alpha value is -1.51. The molecule has 0 atom stereocenters. The van der Waals surface area contributed by atoms with Crippen molar-refractivity contribution in [3.63, 3.8) is 0 Å². The van der Waals surface area contributed by atoms with Crippen LogP contribution < -0.4 is 10.6 Å². The third kappa shape index (κ3) is 3.72. The zero-order valence-corrected chi connectivity index (χ0v) is 12.0. The van der Waals surface area contributed by atoms with Crippen LogP contribution in [0.15, 0.2) is 18.2 Å². The molecule has 0 unspecified atom stereocenters. The van der Waals surface area contributed by atoms with E-state index in [1.54, 1.807) is 0 Å². The number of rotatable bonds is 5. The number of nitrogens with one attached hydrogen (secondary N) is 2. The highest BCUT2D eigenvalue weighted by atomic mass is 16.1. The van der Waals surface area contributed by atoms with E-state index in [0.717, 1.165) is 35.7 Å². The van der Waals surface area contributed by atoms with Gasteiger partial charge in [0.15, 0.2) is 0 Å². The van der Waals surface area contributed by atoms with Crippen molar-refractivity contribution in [3.05, 3.63) is 29.3 Å². The van der Waals surface area contributed by atoms with Crippen LogP contribution in [0.4, 0.5) is 5.69 Å². The number of hydrogen-bond acceptors (Lipinski definition) is 2. The molecule has 0 radical (unpaired) electrons. The number of benzene rings is 1. The number of carbonyl (C=O) groups excluding carboxylic acids is 1. The Bertz CT molecular complexity index is 436. The van der Waals surface area contributed by atoms with Gasteiger partial charge in [-0.3, -0.25) is 4.79 Å². The van der Waals surface area contributed by atoms with Crippen LogP contribution in [0.3, 0.4) is 0 Å². The SMILES string of the molecule is CNc1ccc(C)cc1C(=O)NCCC1CCCC1. The summed E-state index contributed by atoms with van der Waals surface area (Å²) >= 11 is 0. The van der Waals surface area contributed by atoms with Gasteiger partial charge < -0.3 is 10.6 Å². The van der Waals surface area contributed by atoms with Gasteiger partial charge in [-0.2, -0.15) is 0 Å². The largest absolute Gasteiger partial charge is 0.387 e. The number of amides is 1. The Morgan fingerprint density at radius 2 is 2.05 bits per heavy atom. The fraction of sp³-hybridized carbons (Fsp3) is 0.562. The Kier molecular flexibility index (Phi) is 4.83. The molecule has 1 amide bonds. The van der Waals surface area contributed by atoms with Gasteiger partial charge in [0.05, 0.1) is 5.56 Å². The van der Waals surface area contributed by atoms with Crippen molar-refractivity contribution in [2.75, 3.05) is 18.9 Å². The van der Waals surface area contributed by atoms with Crippen molar-refractivity contribution in [2.24, 2.45) is 5.92 Å². The first-order valence-corrected chi connectivity index (χ1v) is 7.27. The van der Waals surface area contributed by atoms with Crippen LogP contribution in [-0.4, -0.2) is 19.5 Å². The lowest BCUT2D eigenvalue weighted by Gasteiger charge is -2.12. The normalized spacial score (nSPS) is 15.5. The molecule has 0 aromatic heterocycles. The molecule has 0 bridgehead atoms. The smallest absolute Gasteiger partial charge is 0.253 e. The number of anilines is 1. The topological polar surface area (TPSA) is 41.1 Å². The number of hydrogen-bond donors (Lipinski definition) is 2. The average molecular weight is 260 g/mol. The van der Waals surface area contributed by atoms with Crippen LogP contribution in [0, 0.1) is 12.8 Å². The van der Waals surface area contributed by atoms with Gasteiger partial charge in [-0.1, -0.05) is 37.3 Å². The summed E-state index contributed by atoms with van der Waals surface area (Å²) in [6.07, 6.45) is 6.51. The highest BCUT2D eigenvalue weighted by Crippen LogP contribution is 2.27. The molecule has 1 aliphatic rings. The van der Waals surface area contributed by atoms with Gasteiger partial charge in [-0.25, -0.2) is 0 Å². The van der Waals surface area contributed by atoms with Crippen LogP contribution in [0.5, 0.6) is 0 Å². The van der Waals surface area contributed by atoms with Crippen molar-refractivity contribution < 1.29 is 4.79 Å². The van der Waals surface area contributed by atoms with E-state index in [9.17, 15) is 4.79 Å². The lowest BCUT2D eigenvalue weighted by Crippen LogP contribution is -2.26. The van der Waals surface area contributed by atoms with Gasteiger partial charge in [0.2, 0.25) is 0 Å². The standard InChI is InChI=1S/C16H24N2O/c1-12-7-8-15(17-2)14(11-12)16(19)18-10-9-13-5-3-4-6-13/h7-8,11,13,17H,3-6,9-10H2,1-2H3,(H,18,19). The minimum absolute atomic E-state index is 0.0334. The van der Waals surface area contributed by atoms with Crippen LogP contribution in [-0.2, 0) is 0 Å². The summed E-state index contributed by atoms with van der Waals surface area (Å²) in [5, 5.41) is 6.12. The average Bonchev–Trinajstić information content (AvgIpc) is 2.91. The van der Waals surface area contributed by atoms with Crippen LogP contribution in [0.2, 0.25) is 0 Å². The summed E-state index contributed by atoms with van der Waals surface area (Å²) in [7, 11) is 1.85. The van der Waals surface area contributed by atoms with Gasteiger partial charge in [-0.15, -0.1) is 0 Å². The molecule has 3 heteroatoms. The summed E-state index contributed by atoms with van der Waals surface area (Å²) in [5.41, 5.74) is 2.75. The lowest BCUT2D eigenvalue weighted by molar-refractivity contribution is 0.0952. The minimum Gasteiger partial charge on any atom is -0.387 e. The maximum Gasteiger partial charge on any atom is 0.253 e. The van der Waals surface area contributed by atoms with Crippen LogP contribution in [0.1, 0.15) is 48.0 Å². The van der Waals surface area contributed by atoms with E-state index in [1.165, 1.54) is 25.7 Å². The highest BCUT2D eigenvalue weighted by molar-refractivity contribution is 5.99. The van der Waals surface area contributed by atoms with E-state index in [-0.39, 0.29) is 5.91 Å². The minimum atomic E-state index is 0.0334. The fourth-order valence-corrected chi connectivity index (χ4v) is 2.85. The molecule has 1 aromatic rings. The molecule has 0 heterocycles. The third-order valence-corrected chi connectivity index (χ3v) is 4.00. The maximum atomic E-state index is 12.2. The Morgan fingerprint density at radius 1 is 1.32 bits per heavy atom. The fourth-order valence-electron chi connectivity index (χ4n) is 2.85. The molecule has 104 valence electrons. The molecule has 19 heavy (non-hydrogen) atoms. The molecule has 1 saturated carbocycles. The van der Waals surface area contributed by atoms with Crippen LogP contribution >= 0.6 is 0 Å². The highest BCUT2D eigenvalue weighted by Gasteiger charge is 2.15. The second-order valence-corrected chi connectivity index (χ2v) is 5.49.